The molecule has 0 aliphatic carbocycles. The summed E-state index contributed by atoms with van der Waals surface area (Å²) in [7, 11) is 2.84. The molecule has 1 aromatic rings. The summed E-state index contributed by atoms with van der Waals surface area (Å²) < 4.78 is 0. The molecule has 0 saturated carbocycles. The van der Waals surface area contributed by atoms with Gasteiger partial charge in [0.25, 0.3) is 5.91 Å². The molecule has 1 N–H and O–H groups in total. The number of amides is 3. The molecule has 1 heterocycles. The standard InChI is InChI=1S/C21H30N2O4S/c1-20(2,3)14-9-13(10-15(17(14)24)21(4,5)6)11-16-18(25)23(12-28-16)19(26)22(7)27-8/h9-11,24H,12H2,1-8H3. The zero-order valence-electron chi connectivity index (χ0n) is 17.9. The smallest absolute Gasteiger partial charge is 0.351 e. The third-order valence-electron chi connectivity index (χ3n) is 4.63. The zero-order chi connectivity index (χ0) is 21.4. The minimum Gasteiger partial charge on any atom is -0.507 e. The first-order chi connectivity index (χ1) is 12.8. The molecule has 0 bridgehead atoms. The van der Waals surface area contributed by atoms with Gasteiger partial charge in [0, 0.05) is 18.2 Å². The van der Waals surface area contributed by atoms with Gasteiger partial charge in [0.15, 0.2) is 0 Å². The van der Waals surface area contributed by atoms with Crippen LogP contribution in [0, 0.1) is 0 Å². The molecule has 1 aliphatic rings. The number of aromatic hydroxyl groups is 1. The van der Waals surface area contributed by atoms with Gasteiger partial charge in [0.05, 0.1) is 17.9 Å². The van der Waals surface area contributed by atoms with Crippen LogP contribution in [0.5, 0.6) is 5.75 Å². The van der Waals surface area contributed by atoms with Gasteiger partial charge >= 0.3 is 6.03 Å². The third kappa shape index (κ3) is 4.52. The molecule has 1 fully saturated rings. The van der Waals surface area contributed by atoms with E-state index in [4.69, 9.17) is 4.84 Å². The highest BCUT2D eigenvalue weighted by molar-refractivity contribution is 8.04. The number of phenolic OH excluding ortho intramolecular Hbond substituents is 1. The van der Waals surface area contributed by atoms with E-state index < -0.39 is 6.03 Å². The summed E-state index contributed by atoms with van der Waals surface area (Å²) in [5.74, 6) is 0.195. The summed E-state index contributed by atoms with van der Waals surface area (Å²) in [6.07, 6.45) is 1.79. The first-order valence-corrected chi connectivity index (χ1v) is 10.1. The van der Waals surface area contributed by atoms with Crippen molar-refractivity contribution in [3.8, 4) is 5.75 Å². The van der Waals surface area contributed by atoms with Crippen molar-refractivity contribution < 1.29 is 19.5 Å². The number of carbonyl (C=O) groups is 2. The second-order valence-electron chi connectivity index (χ2n) is 8.94. The van der Waals surface area contributed by atoms with Gasteiger partial charge in [0.1, 0.15) is 5.75 Å². The fraction of sp³-hybridized carbons (Fsp3) is 0.524. The second-order valence-corrected chi connectivity index (χ2v) is 9.93. The van der Waals surface area contributed by atoms with Gasteiger partial charge in [-0.15, -0.1) is 0 Å². The molecule has 1 aliphatic heterocycles. The van der Waals surface area contributed by atoms with Gasteiger partial charge in [-0.25, -0.2) is 14.8 Å². The molecule has 2 rings (SSSR count). The summed E-state index contributed by atoms with van der Waals surface area (Å²) >= 11 is 1.31. The Balaban J connectivity index is 2.49. The van der Waals surface area contributed by atoms with Crippen LogP contribution in [-0.4, -0.2) is 47.0 Å². The molecule has 1 saturated heterocycles. The number of imide groups is 1. The van der Waals surface area contributed by atoms with Crippen LogP contribution in [0.15, 0.2) is 17.0 Å². The van der Waals surface area contributed by atoms with E-state index in [9.17, 15) is 14.7 Å². The highest BCUT2D eigenvalue weighted by atomic mass is 32.2. The van der Waals surface area contributed by atoms with E-state index >= 15 is 0 Å². The van der Waals surface area contributed by atoms with Crippen molar-refractivity contribution in [1.82, 2.24) is 9.96 Å². The van der Waals surface area contributed by atoms with Crippen LogP contribution in [-0.2, 0) is 20.5 Å². The maximum Gasteiger partial charge on any atom is 0.351 e. The van der Waals surface area contributed by atoms with E-state index in [0.717, 1.165) is 26.7 Å². The molecule has 0 unspecified atom stereocenters. The van der Waals surface area contributed by atoms with Crippen molar-refractivity contribution in [2.24, 2.45) is 0 Å². The van der Waals surface area contributed by atoms with Crippen molar-refractivity contribution in [3.05, 3.63) is 33.7 Å². The van der Waals surface area contributed by atoms with Crippen LogP contribution in [0.25, 0.3) is 6.08 Å². The molecule has 3 amide bonds. The number of phenols is 1. The Hall–Kier alpha value is -1.99. The summed E-state index contributed by atoms with van der Waals surface area (Å²) in [4.78, 5) is 31.4. The van der Waals surface area contributed by atoms with Gasteiger partial charge < -0.3 is 5.11 Å². The van der Waals surface area contributed by atoms with E-state index in [1.165, 1.54) is 25.9 Å². The number of nitrogens with zero attached hydrogens (tertiary/aromatic N) is 2. The Kier molecular flexibility index (Phi) is 6.21. The lowest BCUT2D eigenvalue weighted by Crippen LogP contribution is -2.41. The molecular weight excluding hydrogens is 376 g/mol. The van der Waals surface area contributed by atoms with Gasteiger partial charge in [-0.1, -0.05) is 53.3 Å². The van der Waals surface area contributed by atoms with Crippen molar-refractivity contribution >= 4 is 29.8 Å². The average Bonchev–Trinajstić information content (AvgIpc) is 2.93. The van der Waals surface area contributed by atoms with Gasteiger partial charge in [-0.2, -0.15) is 0 Å². The lowest BCUT2D eigenvalue weighted by molar-refractivity contribution is -0.126. The van der Waals surface area contributed by atoms with Gasteiger partial charge in [0.2, 0.25) is 0 Å². The van der Waals surface area contributed by atoms with Crippen molar-refractivity contribution in [2.45, 2.75) is 52.4 Å². The Morgan fingerprint density at radius 3 is 2.11 bits per heavy atom. The minimum absolute atomic E-state index is 0.244. The van der Waals surface area contributed by atoms with E-state index in [1.807, 2.05) is 53.7 Å². The number of hydroxylamine groups is 2. The Morgan fingerprint density at radius 2 is 1.68 bits per heavy atom. The van der Waals surface area contributed by atoms with Crippen LogP contribution in [0.1, 0.15) is 58.2 Å². The van der Waals surface area contributed by atoms with Crippen molar-refractivity contribution in [3.63, 3.8) is 0 Å². The van der Waals surface area contributed by atoms with Gasteiger partial charge in [-0.3, -0.25) is 9.63 Å². The van der Waals surface area contributed by atoms with E-state index in [0.29, 0.717) is 10.7 Å². The van der Waals surface area contributed by atoms with Crippen molar-refractivity contribution in [2.75, 3.05) is 20.0 Å². The van der Waals surface area contributed by atoms with Gasteiger partial charge in [-0.05, 0) is 34.6 Å². The molecule has 28 heavy (non-hydrogen) atoms. The predicted molar refractivity (Wildman–Crippen MR) is 113 cm³/mol. The SMILES string of the molecule is CON(C)C(=O)N1CSC(=Cc2cc(C(C)(C)C)c(O)c(C(C)(C)C)c2)C1=O. The number of hydrogen-bond donors (Lipinski definition) is 1. The number of carbonyl (C=O) groups excluding carboxylic acids is 2. The van der Waals surface area contributed by atoms with Crippen molar-refractivity contribution in [1.29, 1.82) is 0 Å². The quantitative estimate of drug-likeness (QED) is 0.579. The highest BCUT2D eigenvalue weighted by Gasteiger charge is 2.34. The Morgan fingerprint density at radius 1 is 1.18 bits per heavy atom. The van der Waals surface area contributed by atoms with Crippen LogP contribution >= 0.6 is 11.8 Å². The zero-order valence-corrected chi connectivity index (χ0v) is 18.7. The fourth-order valence-corrected chi connectivity index (χ4v) is 3.86. The first kappa shape index (κ1) is 22.3. The lowest BCUT2D eigenvalue weighted by Gasteiger charge is -2.28. The van der Waals surface area contributed by atoms with Crippen LogP contribution in [0.2, 0.25) is 0 Å². The molecule has 0 radical (unpaired) electrons. The average molecular weight is 407 g/mol. The normalized spacial score (nSPS) is 16.8. The molecule has 6 nitrogen and oxygen atoms in total. The van der Waals surface area contributed by atoms with E-state index in [1.54, 1.807) is 6.08 Å². The summed E-state index contributed by atoms with van der Waals surface area (Å²) in [6, 6.07) is 3.33. The van der Waals surface area contributed by atoms with E-state index in [-0.39, 0.29) is 22.6 Å². The third-order valence-corrected chi connectivity index (χ3v) is 5.62. The largest absolute Gasteiger partial charge is 0.507 e. The second kappa shape index (κ2) is 7.79. The fourth-order valence-electron chi connectivity index (χ4n) is 2.92. The van der Waals surface area contributed by atoms with Crippen LogP contribution < -0.4 is 0 Å². The highest BCUT2D eigenvalue weighted by Crippen LogP contribution is 2.41. The summed E-state index contributed by atoms with van der Waals surface area (Å²) in [6.45, 7) is 12.3. The Labute approximate surface area is 171 Å². The molecule has 0 aromatic heterocycles. The number of hydrogen-bond acceptors (Lipinski definition) is 5. The van der Waals surface area contributed by atoms with Crippen LogP contribution in [0.4, 0.5) is 4.79 Å². The summed E-state index contributed by atoms with van der Waals surface area (Å²) in [5.41, 5.74) is 1.98. The lowest BCUT2D eigenvalue weighted by atomic mass is 9.78. The maximum atomic E-state index is 12.7. The molecule has 0 spiro atoms. The molecule has 1 aromatic carbocycles. The number of thioether (sulfide) groups is 1. The molecule has 7 heteroatoms. The molecule has 0 atom stereocenters. The predicted octanol–water partition coefficient (Wildman–Crippen LogP) is 4.47. The molecular formula is C21H30N2O4S. The topological polar surface area (TPSA) is 70.1 Å². The first-order valence-electron chi connectivity index (χ1n) is 9.13. The van der Waals surface area contributed by atoms with Crippen LogP contribution in [0.3, 0.4) is 0 Å². The minimum atomic E-state index is -0.500. The number of urea groups is 1. The molecule has 154 valence electrons. The Bertz CT molecular complexity index is 784. The maximum absolute atomic E-state index is 12.7. The number of benzene rings is 1. The number of rotatable bonds is 2. The monoisotopic (exact) mass is 406 g/mol. The van der Waals surface area contributed by atoms with E-state index in [2.05, 4.69) is 0 Å². The summed E-state index contributed by atoms with van der Waals surface area (Å²) in [5, 5.41) is 11.9.